The highest BCUT2D eigenvalue weighted by atomic mass is 19.1. The summed E-state index contributed by atoms with van der Waals surface area (Å²) < 4.78 is 18.4. The maximum atomic E-state index is 13.5. The number of rotatable bonds is 3. The second-order valence-corrected chi connectivity index (χ2v) is 5.54. The normalized spacial score (nSPS) is 24.5. The number of halogens is 1. The van der Waals surface area contributed by atoms with Gasteiger partial charge in [-0.05, 0) is 24.6 Å². The molecule has 0 heterocycles. The van der Waals surface area contributed by atoms with Crippen molar-refractivity contribution in [2.45, 2.75) is 32.4 Å². The number of carbonyl (C=O) groups excluding carboxylic acids is 1. The summed E-state index contributed by atoms with van der Waals surface area (Å²) in [5, 5.41) is 2.89. The minimum atomic E-state index is -0.542. The molecule has 0 spiro atoms. The summed E-state index contributed by atoms with van der Waals surface area (Å²) in [7, 11) is 1.39. The highest BCUT2D eigenvalue weighted by Gasteiger charge is 2.46. The molecule has 5 heteroatoms. The van der Waals surface area contributed by atoms with Crippen LogP contribution in [-0.4, -0.2) is 25.1 Å². The van der Waals surface area contributed by atoms with Crippen molar-refractivity contribution in [3.05, 3.63) is 29.6 Å². The summed E-state index contributed by atoms with van der Waals surface area (Å²) >= 11 is 0. The molecule has 0 radical (unpaired) electrons. The molecule has 0 aliphatic heterocycles. The van der Waals surface area contributed by atoms with Crippen LogP contribution in [-0.2, 0) is 0 Å². The first-order valence-electron chi connectivity index (χ1n) is 6.26. The largest absolute Gasteiger partial charge is 0.494 e. The summed E-state index contributed by atoms with van der Waals surface area (Å²) in [6.07, 6.45) is 0.747. The Kier molecular flexibility index (Phi) is 3.49. The Bertz CT molecular complexity index is 502. The van der Waals surface area contributed by atoms with E-state index >= 15 is 0 Å². The average molecular weight is 266 g/mol. The Balaban J connectivity index is 2.07. The first kappa shape index (κ1) is 13.8. The van der Waals surface area contributed by atoms with Gasteiger partial charge in [0.15, 0.2) is 11.6 Å². The molecule has 19 heavy (non-hydrogen) atoms. The van der Waals surface area contributed by atoms with Gasteiger partial charge < -0.3 is 15.8 Å². The van der Waals surface area contributed by atoms with E-state index in [9.17, 15) is 9.18 Å². The summed E-state index contributed by atoms with van der Waals surface area (Å²) in [5.74, 6) is -0.700. The van der Waals surface area contributed by atoms with Crippen LogP contribution >= 0.6 is 0 Å². The van der Waals surface area contributed by atoms with Gasteiger partial charge in [-0.25, -0.2) is 4.39 Å². The van der Waals surface area contributed by atoms with E-state index in [1.54, 1.807) is 6.07 Å². The molecule has 2 unspecified atom stereocenters. The van der Waals surface area contributed by atoms with E-state index in [2.05, 4.69) is 5.32 Å². The molecule has 0 bridgehead atoms. The Hall–Kier alpha value is -1.62. The van der Waals surface area contributed by atoms with Crippen LogP contribution in [0.2, 0.25) is 0 Å². The van der Waals surface area contributed by atoms with E-state index in [1.165, 1.54) is 19.2 Å². The molecule has 3 N–H and O–H groups in total. The molecule has 1 fully saturated rings. The number of hydrogen-bond donors (Lipinski definition) is 2. The second-order valence-electron chi connectivity index (χ2n) is 5.54. The number of methoxy groups -OCH3 is 1. The van der Waals surface area contributed by atoms with Crippen LogP contribution in [0.15, 0.2) is 18.2 Å². The number of ether oxygens (including phenoxy) is 1. The lowest BCUT2D eigenvalue weighted by Gasteiger charge is -2.50. The quantitative estimate of drug-likeness (QED) is 0.875. The topological polar surface area (TPSA) is 64.3 Å². The lowest BCUT2D eigenvalue weighted by atomic mass is 9.63. The third-order valence-electron chi connectivity index (χ3n) is 4.06. The number of carbonyl (C=O) groups is 1. The maximum Gasteiger partial charge on any atom is 0.251 e. The van der Waals surface area contributed by atoms with Gasteiger partial charge in [0, 0.05) is 23.1 Å². The van der Waals surface area contributed by atoms with Crippen LogP contribution in [0, 0.1) is 11.2 Å². The van der Waals surface area contributed by atoms with Crippen molar-refractivity contribution in [3.8, 4) is 5.75 Å². The van der Waals surface area contributed by atoms with Crippen molar-refractivity contribution in [2.75, 3.05) is 7.11 Å². The number of amides is 1. The van der Waals surface area contributed by atoms with E-state index in [4.69, 9.17) is 10.5 Å². The molecule has 1 aliphatic rings. The molecule has 1 aliphatic carbocycles. The summed E-state index contributed by atoms with van der Waals surface area (Å²) in [6, 6.07) is 4.29. The van der Waals surface area contributed by atoms with Gasteiger partial charge in [0.2, 0.25) is 0 Å². The highest BCUT2D eigenvalue weighted by molar-refractivity contribution is 5.94. The van der Waals surface area contributed by atoms with Crippen LogP contribution in [0.4, 0.5) is 4.39 Å². The van der Waals surface area contributed by atoms with Gasteiger partial charge in [-0.2, -0.15) is 0 Å². The Morgan fingerprint density at radius 3 is 2.68 bits per heavy atom. The van der Waals surface area contributed by atoms with Crippen molar-refractivity contribution in [1.29, 1.82) is 0 Å². The van der Waals surface area contributed by atoms with Gasteiger partial charge in [-0.15, -0.1) is 0 Å². The molecule has 1 aromatic carbocycles. The molecule has 2 rings (SSSR count). The van der Waals surface area contributed by atoms with E-state index in [0.717, 1.165) is 6.42 Å². The Labute approximate surface area is 112 Å². The van der Waals surface area contributed by atoms with E-state index in [-0.39, 0.29) is 34.7 Å². The van der Waals surface area contributed by atoms with Crippen LogP contribution in [0.5, 0.6) is 5.75 Å². The van der Waals surface area contributed by atoms with Crippen LogP contribution < -0.4 is 15.8 Å². The monoisotopic (exact) mass is 266 g/mol. The Morgan fingerprint density at radius 2 is 2.21 bits per heavy atom. The SMILES string of the molecule is COc1ccc(C(=O)NC2CC(N)C2(C)C)cc1F. The molecule has 1 aromatic rings. The minimum absolute atomic E-state index is 0.0279. The zero-order valence-corrected chi connectivity index (χ0v) is 11.4. The van der Waals surface area contributed by atoms with Crippen molar-refractivity contribution >= 4 is 5.91 Å². The third kappa shape index (κ3) is 2.42. The lowest BCUT2D eigenvalue weighted by molar-refractivity contribution is 0.0586. The van der Waals surface area contributed by atoms with Crippen molar-refractivity contribution < 1.29 is 13.9 Å². The average Bonchev–Trinajstić information content (AvgIpc) is 2.38. The fourth-order valence-electron chi connectivity index (χ4n) is 2.25. The van der Waals surface area contributed by atoms with Gasteiger partial charge >= 0.3 is 0 Å². The van der Waals surface area contributed by atoms with Gasteiger partial charge in [0.25, 0.3) is 5.91 Å². The number of hydrogen-bond acceptors (Lipinski definition) is 3. The van der Waals surface area contributed by atoms with Gasteiger partial charge in [0.05, 0.1) is 7.11 Å². The zero-order chi connectivity index (χ0) is 14.2. The van der Waals surface area contributed by atoms with Gasteiger partial charge in [-0.1, -0.05) is 13.8 Å². The standard InChI is InChI=1S/C14H19FN2O2/c1-14(2)11(16)7-12(14)17-13(18)8-4-5-10(19-3)9(15)6-8/h4-6,11-12H,7,16H2,1-3H3,(H,17,18). The molecule has 2 atom stereocenters. The molecule has 0 aromatic heterocycles. The number of benzene rings is 1. The van der Waals surface area contributed by atoms with E-state index < -0.39 is 5.82 Å². The first-order valence-corrected chi connectivity index (χ1v) is 6.26. The van der Waals surface area contributed by atoms with E-state index in [1.807, 2.05) is 13.8 Å². The maximum absolute atomic E-state index is 13.5. The third-order valence-corrected chi connectivity index (χ3v) is 4.06. The fourth-order valence-corrected chi connectivity index (χ4v) is 2.25. The van der Waals surface area contributed by atoms with Crippen LogP contribution in [0.25, 0.3) is 0 Å². The minimum Gasteiger partial charge on any atom is -0.494 e. The summed E-state index contributed by atoms with van der Waals surface area (Å²) in [4.78, 5) is 12.0. The summed E-state index contributed by atoms with van der Waals surface area (Å²) in [5.41, 5.74) is 6.06. The molecule has 0 saturated heterocycles. The smallest absolute Gasteiger partial charge is 0.251 e. The van der Waals surface area contributed by atoms with Gasteiger partial charge in [0.1, 0.15) is 0 Å². The highest BCUT2D eigenvalue weighted by Crippen LogP contribution is 2.39. The van der Waals surface area contributed by atoms with Crippen molar-refractivity contribution in [1.82, 2.24) is 5.32 Å². The lowest BCUT2D eigenvalue weighted by Crippen LogP contribution is -2.64. The first-order chi connectivity index (χ1) is 8.86. The number of nitrogens with two attached hydrogens (primary N) is 1. The molecular formula is C14H19FN2O2. The molecular weight excluding hydrogens is 247 g/mol. The predicted molar refractivity (Wildman–Crippen MR) is 70.6 cm³/mol. The molecule has 4 nitrogen and oxygen atoms in total. The fraction of sp³-hybridized carbons (Fsp3) is 0.500. The van der Waals surface area contributed by atoms with Crippen LogP contribution in [0.3, 0.4) is 0 Å². The number of nitrogens with one attached hydrogen (secondary N) is 1. The van der Waals surface area contributed by atoms with E-state index in [0.29, 0.717) is 0 Å². The molecule has 104 valence electrons. The Morgan fingerprint density at radius 1 is 1.53 bits per heavy atom. The van der Waals surface area contributed by atoms with Gasteiger partial charge in [-0.3, -0.25) is 4.79 Å². The van der Waals surface area contributed by atoms with Crippen LogP contribution in [0.1, 0.15) is 30.6 Å². The summed E-state index contributed by atoms with van der Waals surface area (Å²) in [6.45, 7) is 4.03. The molecule has 1 amide bonds. The second kappa shape index (κ2) is 4.81. The predicted octanol–water partition coefficient (Wildman–Crippen LogP) is 1.69. The zero-order valence-electron chi connectivity index (χ0n) is 11.4. The van der Waals surface area contributed by atoms with Crippen molar-refractivity contribution in [2.24, 2.45) is 11.1 Å². The molecule has 1 saturated carbocycles. The van der Waals surface area contributed by atoms with Crippen molar-refractivity contribution in [3.63, 3.8) is 0 Å².